The van der Waals surface area contributed by atoms with Crippen molar-refractivity contribution in [2.24, 2.45) is 5.92 Å². The smallest absolute Gasteiger partial charge is 0.311 e. The van der Waals surface area contributed by atoms with Gasteiger partial charge in [-0.1, -0.05) is 35.8 Å². The van der Waals surface area contributed by atoms with E-state index in [1.165, 1.54) is 12.1 Å². The second kappa shape index (κ2) is 4.66. The molecule has 0 radical (unpaired) electrons. The van der Waals surface area contributed by atoms with Crippen LogP contribution >= 0.6 is 15.9 Å². The number of aliphatic carboxylic acids is 1. The molecule has 0 bridgehead atoms. The Morgan fingerprint density at radius 2 is 2.00 bits per heavy atom. The third-order valence-electron chi connectivity index (χ3n) is 2.25. The zero-order valence-electron chi connectivity index (χ0n) is 8.57. The molecule has 0 aliphatic rings. The van der Waals surface area contributed by atoms with Crippen molar-refractivity contribution < 1.29 is 15.0 Å². The number of halogens is 1. The van der Waals surface area contributed by atoms with Gasteiger partial charge in [0.1, 0.15) is 5.75 Å². The molecule has 0 aliphatic carbocycles. The standard InChI is InChI=1S/C11H13BrO3/c1-6(2)10(11(14)15)8-4-3-7(13)5-9(8)12/h3-6,10,13H,1-2H3,(H,14,15). The van der Waals surface area contributed by atoms with E-state index in [9.17, 15) is 9.90 Å². The Bertz CT molecular complexity index is 374. The number of phenols is 1. The average molecular weight is 273 g/mol. The van der Waals surface area contributed by atoms with Crippen LogP contribution in [0.1, 0.15) is 25.3 Å². The molecule has 1 unspecified atom stereocenters. The van der Waals surface area contributed by atoms with Gasteiger partial charge in [0.05, 0.1) is 5.92 Å². The molecule has 4 heteroatoms. The van der Waals surface area contributed by atoms with Crippen molar-refractivity contribution in [2.75, 3.05) is 0 Å². The Labute approximate surface area is 96.9 Å². The van der Waals surface area contributed by atoms with Crippen LogP contribution in [0.4, 0.5) is 0 Å². The summed E-state index contributed by atoms with van der Waals surface area (Å²) >= 11 is 3.26. The summed E-state index contributed by atoms with van der Waals surface area (Å²) in [5.41, 5.74) is 0.690. The molecule has 0 amide bonds. The van der Waals surface area contributed by atoms with Gasteiger partial charge in [0.25, 0.3) is 0 Å². The van der Waals surface area contributed by atoms with Crippen LogP contribution in [0.25, 0.3) is 0 Å². The van der Waals surface area contributed by atoms with Crippen LogP contribution in [0.3, 0.4) is 0 Å². The number of carbonyl (C=O) groups is 1. The molecule has 1 aromatic rings. The molecule has 0 fully saturated rings. The highest BCUT2D eigenvalue weighted by Crippen LogP contribution is 2.32. The molecule has 0 spiro atoms. The maximum Gasteiger partial charge on any atom is 0.311 e. The molecule has 0 aromatic heterocycles. The lowest BCUT2D eigenvalue weighted by atomic mass is 9.88. The molecule has 15 heavy (non-hydrogen) atoms. The highest BCUT2D eigenvalue weighted by atomic mass is 79.9. The number of rotatable bonds is 3. The number of carboxylic acid groups (broad SMARTS) is 1. The van der Waals surface area contributed by atoms with Crippen LogP contribution in [0.2, 0.25) is 0 Å². The second-order valence-corrected chi connectivity index (χ2v) is 4.62. The van der Waals surface area contributed by atoms with E-state index in [4.69, 9.17) is 5.11 Å². The van der Waals surface area contributed by atoms with Crippen molar-refractivity contribution >= 4 is 21.9 Å². The third kappa shape index (κ3) is 2.72. The molecule has 1 aromatic carbocycles. The number of benzene rings is 1. The number of carboxylic acids is 1. The minimum atomic E-state index is -0.851. The Hall–Kier alpha value is -1.03. The highest BCUT2D eigenvalue weighted by Gasteiger charge is 2.25. The average Bonchev–Trinajstić information content (AvgIpc) is 2.08. The molecule has 82 valence electrons. The van der Waals surface area contributed by atoms with E-state index in [-0.39, 0.29) is 11.7 Å². The van der Waals surface area contributed by atoms with Gasteiger partial charge in [-0.3, -0.25) is 4.79 Å². The first-order chi connectivity index (χ1) is 6.93. The van der Waals surface area contributed by atoms with Gasteiger partial charge >= 0.3 is 5.97 Å². The predicted molar refractivity (Wildman–Crippen MR) is 61.0 cm³/mol. The van der Waals surface area contributed by atoms with Crippen LogP contribution < -0.4 is 0 Å². The SMILES string of the molecule is CC(C)C(C(=O)O)c1ccc(O)cc1Br. The molecular weight excluding hydrogens is 260 g/mol. The van der Waals surface area contributed by atoms with Crippen LogP contribution in [0.15, 0.2) is 22.7 Å². The van der Waals surface area contributed by atoms with Crippen molar-refractivity contribution in [3.63, 3.8) is 0 Å². The third-order valence-corrected chi connectivity index (χ3v) is 2.94. The van der Waals surface area contributed by atoms with Gasteiger partial charge in [0, 0.05) is 4.47 Å². The van der Waals surface area contributed by atoms with Gasteiger partial charge in [-0.15, -0.1) is 0 Å². The van der Waals surface area contributed by atoms with Gasteiger partial charge in [0.2, 0.25) is 0 Å². The van der Waals surface area contributed by atoms with E-state index in [1.54, 1.807) is 6.07 Å². The van der Waals surface area contributed by atoms with Crippen LogP contribution in [0, 0.1) is 5.92 Å². The van der Waals surface area contributed by atoms with Crippen LogP contribution in [-0.4, -0.2) is 16.2 Å². The quantitative estimate of drug-likeness (QED) is 0.890. The Balaban J connectivity index is 3.17. The Morgan fingerprint density at radius 1 is 1.40 bits per heavy atom. The second-order valence-electron chi connectivity index (χ2n) is 3.77. The first kappa shape index (κ1) is 12.0. The topological polar surface area (TPSA) is 57.5 Å². The summed E-state index contributed by atoms with van der Waals surface area (Å²) in [7, 11) is 0. The number of hydrogen-bond acceptors (Lipinski definition) is 2. The molecule has 1 rings (SSSR count). The van der Waals surface area contributed by atoms with Gasteiger partial charge in [0.15, 0.2) is 0 Å². The van der Waals surface area contributed by atoms with Crippen molar-refractivity contribution in [2.45, 2.75) is 19.8 Å². The largest absolute Gasteiger partial charge is 0.508 e. The lowest BCUT2D eigenvalue weighted by molar-refractivity contribution is -0.139. The minimum Gasteiger partial charge on any atom is -0.508 e. The van der Waals surface area contributed by atoms with Gasteiger partial charge in [-0.05, 0) is 23.6 Å². The Morgan fingerprint density at radius 3 is 2.40 bits per heavy atom. The lowest BCUT2D eigenvalue weighted by Crippen LogP contribution is -2.17. The van der Waals surface area contributed by atoms with Gasteiger partial charge in [-0.2, -0.15) is 0 Å². The maximum absolute atomic E-state index is 11.1. The summed E-state index contributed by atoms with van der Waals surface area (Å²) in [6, 6.07) is 4.64. The van der Waals surface area contributed by atoms with E-state index < -0.39 is 11.9 Å². The van der Waals surface area contributed by atoms with E-state index in [1.807, 2.05) is 13.8 Å². The van der Waals surface area contributed by atoms with Gasteiger partial charge in [-0.25, -0.2) is 0 Å². The van der Waals surface area contributed by atoms with Crippen molar-refractivity contribution in [1.82, 2.24) is 0 Å². The number of hydrogen-bond donors (Lipinski definition) is 2. The summed E-state index contributed by atoms with van der Waals surface area (Å²) in [4.78, 5) is 11.1. The first-order valence-electron chi connectivity index (χ1n) is 4.64. The molecule has 3 nitrogen and oxygen atoms in total. The molecule has 2 N–H and O–H groups in total. The fourth-order valence-corrected chi connectivity index (χ4v) is 2.16. The summed E-state index contributed by atoms with van der Waals surface area (Å²) < 4.78 is 0.628. The lowest BCUT2D eigenvalue weighted by Gasteiger charge is -2.18. The number of aromatic hydroxyl groups is 1. The molecule has 0 heterocycles. The zero-order chi connectivity index (χ0) is 11.6. The van der Waals surface area contributed by atoms with Gasteiger partial charge < -0.3 is 10.2 Å². The predicted octanol–water partition coefficient (Wildman–Crippen LogP) is 2.98. The van der Waals surface area contributed by atoms with E-state index in [0.717, 1.165) is 0 Å². The van der Waals surface area contributed by atoms with E-state index in [2.05, 4.69) is 15.9 Å². The number of phenolic OH excluding ortho intramolecular Hbond substituents is 1. The fourth-order valence-electron chi connectivity index (χ4n) is 1.55. The van der Waals surface area contributed by atoms with Crippen molar-refractivity contribution in [3.05, 3.63) is 28.2 Å². The van der Waals surface area contributed by atoms with Crippen molar-refractivity contribution in [1.29, 1.82) is 0 Å². The molecule has 0 aliphatic heterocycles. The van der Waals surface area contributed by atoms with Crippen LogP contribution in [-0.2, 0) is 4.79 Å². The summed E-state index contributed by atoms with van der Waals surface area (Å²) in [6.45, 7) is 3.72. The molecule has 0 saturated carbocycles. The van der Waals surface area contributed by atoms with E-state index in [0.29, 0.717) is 10.0 Å². The fraction of sp³-hybridized carbons (Fsp3) is 0.364. The first-order valence-corrected chi connectivity index (χ1v) is 5.44. The maximum atomic E-state index is 11.1. The summed E-state index contributed by atoms with van der Waals surface area (Å²) in [5.74, 6) is -1.28. The molecule has 1 atom stereocenters. The highest BCUT2D eigenvalue weighted by molar-refractivity contribution is 9.10. The zero-order valence-corrected chi connectivity index (χ0v) is 10.2. The summed E-state index contributed by atoms with van der Waals surface area (Å²) in [6.07, 6.45) is 0. The summed E-state index contributed by atoms with van der Waals surface area (Å²) in [5, 5.41) is 18.3. The van der Waals surface area contributed by atoms with Crippen molar-refractivity contribution in [3.8, 4) is 5.75 Å². The van der Waals surface area contributed by atoms with E-state index >= 15 is 0 Å². The Kier molecular flexibility index (Phi) is 3.74. The normalized spacial score (nSPS) is 12.8. The monoisotopic (exact) mass is 272 g/mol. The molecular formula is C11H13BrO3. The molecule has 0 saturated heterocycles. The minimum absolute atomic E-state index is 0.00310. The van der Waals surface area contributed by atoms with Crippen LogP contribution in [0.5, 0.6) is 5.75 Å².